The van der Waals surface area contributed by atoms with E-state index < -0.39 is 12.1 Å². The van der Waals surface area contributed by atoms with Crippen molar-refractivity contribution in [3.63, 3.8) is 0 Å². The first kappa shape index (κ1) is 68.9. The first-order valence-electron chi connectivity index (χ1n) is 32.3. The van der Waals surface area contributed by atoms with E-state index in [0.717, 1.165) is 38.5 Å². The van der Waals surface area contributed by atoms with Crippen LogP contribution in [0.25, 0.3) is 0 Å². The number of nitrogens with one attached hydrogen (secondary N) is 1. The molecule has 0 aliphatic rings. The number of carbonyl (C=O) groups is 2. The highest BCUT2D eigenvalue weighted by Crippen LogP contribution is 2.19. The van der Waals surface area contributed by atoms with Gasteiger partial charge in [-0.3, -0.25) is 9.59 Å². The Kier molecular flexibility index (Phi) is 59.4. The van der Waals surface area contributed by atoms with Crippen LogP contribution in [0.1, 0.15) is 373 Å². The lowest BCUT2D eigenvalue weighted by molar-refractivity contribution is -0.143. The Morgan fingerprint density at radius 2 is 0.586 bits per heavy atom. The number of hydrogen-bond donors (Lipinski definition) is 3. The van der Waals surface area contributed by atoms with Gasteiger partial charge in [-0.2, -0.15) is 0 Å². The van der Waals surface area contributed by atoms with Gasteiger partial charge in [0, 0.05) is 12.8 Å². The van der Waals surface area contributed by atoms with E-state index in [2.05, 4.69) is 19.2 Å². The van der Waals surface area contributed by atoms with Crippen LogP contribution >= 0.6 is 0 Å². The Balaban J connectivity index is 3.34. The van der Waals surface area contributed by atoms with Gasteiger partial charge >= 0.3 is 5.97 Å². The molecule has 2 atom stereocenters. The smallest absolute Gasteiger partial charge is 0.305 e. The van der Waals surface area contributed by atoms with Gasteiger partial charge in [0.15, 0.2) is 0 Å². The summed E-state index contributed by atoms with van der Waals surface area (Å²) in [5, 5.41) is 23.3. The minimum atomic E-state index is -0.661. The Bertz CT molecular complexity index is 1010. The molecule has 0 spiro atoms. The summed E-state index contributed by atoms with van der Waals surface area (Å²) in [6, 6.07) is -0.538. The van der Waals surface area contributed by atoms with Crippen LogP contribution in [0.4, 0.5) is 0 Å². The van der Waals surface area contributed by atoms with Crippen LogP contribution in [-0.4, -0.2) is 47.4 Å². The molecule has 0 fully saturated rings. The maximum absolute atomic E-state index is 12.5. The number of amides is 1. The predicted octanol–water partition coefficient (Wildman–Crippen LogP) is 20.3. The van der Waals surface area contributed by atoms with Gasteiger partial charge in [0.2, 0.25) is 5.91 Å². The third kappa shape index (κ3) is 56.2. The number of rotatable bonds is 61. The van der Waals surface area contributed by atoms with Crippen molar-refractivity contribution in [2.24, 2.45) is 0 Å². The summed E-state index contributed by atoms with van der Waals surface area (Å²) < 4.78 is 5.47. The molecule has 0 bridgehead atoms. The largest absolute Gasteiger partial charge is 0.466 e. The lowest BCUT2D eigenvalue weighted by atomic mass is 10.0. The highest BCUT2D eigenvalue weighted by atomic mass is 16.5. The lowest BCUT2D eigenvalue weighted by Crippen LogP contribution is -2.45. The summed E-state index contributed by atoms with van der Waals surface area (Å²) in [5.41, 5.74) is 0. The minimum absolute atomic E-state index is 0.0179. The number of aliphatic hydroxyl groups excluding tert-OH is 2. The van der Waals surface area contributed by atoms with Crippen LogP contribution in [0.5, 0.6) is 0 Å². The number of ether oxygens (including phenoxy) is 1. The van der Waals surface area contributed by atoms with Crippen molar-refractivity contribution >= 4 is 11.9 Å². The molecule has 418 valence electrons. The van der Waals surface area contributed by atoms with Crippen molar-refractivity contribution in [2.75, 3.05) is 13.2 Å². The standard InChI is InChI=1S/C64H127NO5/c1-3-5-7-9-11-13-15-16-17-30-33-37-40-44-48-52-56-62(67)61(60-66)65-63(68)57-53-49-45-41-38-34-31-28-26-24-22-20-18-19-21-23-25-27-29-32-35-39-43-47-51-55-59-70-64(69)58-54-50-46-42-36-14-12-10-8-6-4-2/h61-62,66-67H,3-60H2,1-2H3,(H,65,68). The monoisotopic (exact) mass is 990 g/mol. The Labute approximate surface area is 438 Å². The molecule has 0 radical (unpaired) electrons. The Morgan fingerprint density at radius 1 is 0.343 bits per heavy atom. The van der Waals surface area contributed by atoms with E-state index in [0.29, 0.717) is 25.9 Å². The molecule has 0 aliphatic heterocycles. The third-order valence-electron chi connectivity index (χ3n) is 15.4. The molecule has 6 nitrogen and oxygen atoms in total. The zero-order valence-electron chi connectivity index (χ0n) is 47.8. The Hall–Kier alpha value is -1.14. The second-order valence-electron chi connectivity index (χ2n) is 22.5. The van der Waals surface area contributed by atoms with Crippen molar-refractivity contribution in [1.82, 2.24) is 5.32 Å². The first-order valence-corrected chi connectivity index (χ1v) is 32.3. The van der Waals surface area contributed by atoms with Crippen molar-refractivity contribution in [3.05, 3.63) is 0 Å². The average Bonchev–Trinajstić information content (AvgIpc) is 3.36. The average molecular weight is 991 g/mol. The fourth-order valence-electron chi connectivity index (χ4n) is 10.5. The molecule has 0 aromatic heterocycles. The van der Waals surface area contributed by atoms with E-state index in [4.69, 9.17) is 4.74 Å². The van der Waals surface area contributed by atoms with Crippen LogP contribution in [0, 0.1) is 0 Å². The van der Waals surface area contributed by atoms with E-state index in [1.165, 1.54) is 302 Å². The summed E-state index contributed by atoms with van der Waals surface area (Å²) in [6.45, 7) is 4.99. The lowest BCUT2D eigenvalue weighted by Gasteiger charge is -2.22. The highest BCUT2D eigenvalue weighted by molar-refractivity contribution is 5.76. The molecule has 0 saturated heterocycles. The van der Waals surface area contributed by atoms with Crippen molar-refractivity contribution in [2.45, 2.75) is 386 Å². The topological polar surface area (TPSA) is 95.9 Å². The molecule has 70 heavy (non-hydrogen) atoms. The summed E-state index contributed by atoms with van der Waals surface area (Å²) in [4.78, 5) is 24.5. The number of hydrogen-bond acceptors (Lipinski definition) is 5. The fourth-order valence-corrected chi connectivity index (χ4v) is 10.5. The zero-order chi connectivity index (χ0) is 50.7. The van der Waals surface area contributed by atoms with Crippen LogP contribution in [0.3, 0.4) is 0 Å². The fraction of sp³-hybridized carbons (Fsp3) is 0.969. The minimum Gasteiger partial charge on any atom is -0.466 e. The molecule has 0 aromatic rings. The number of esters is 1. The molecule has 2 unspecified atom stereocenters. The predicted molar refractivity (Wildman–Crippen MR) is 306 cm³/mol. The first-order chi connectivity index (χ1) is 34.5. The van der Waals surface area contributed by atoms with Crippen molar-refractivity contribution in [1.29, 1.82) is 0 Å². The van der Waals surface area contributed by atoms with Gasteiger partial charge in [-0.15, -0.1) is 0 Å². The maximum atomic E-state index is 12.5. The number of aliphatic hydroxyl groups is 2. The quantitative estimate of drug-likeness (QED) is 0.0417. The van der Waals surface area contributed by atoms with Gasteiger partial charge < -0.3 is 20.3 Å². The SMILES string of the molecule is CCCCCCCCCCCCCCCCCCC(O)C(CO)NC(=O)CCCCCCCCCCCCCCCCCCCCCCCCCCCCOC(=O)CCCCCCCCCCCCC. The molecule has 0 aliphatic carbocycles. The normalized spacial score (nSPS) is 12.5. The van der Waals surface area contributed by atoms with Crippen LogP contribution in [-0.2, 0) is 14.3 Å². The molecule has 0 rings (SSSR count). The molecule has 6 heteroatoms. The van der Waals surface area contributed by atoms with Gasteiger partial charge in [-0.1, -0.05) is 335 Å². The van der Waals surface area contributed by atoms with E-state index in [-0.39, 0.29) is 18.5 Å². The van der Waals surface area contributed by atoms with E-state index in [1.54, 1.807) is 0 Å². The van der Waals surface area contributed by atoms with Gasteiger partial charge in [0.05, 0.1) is 25.4 Å². The maximum Gasteiger partial charge on any atom is 0.305 e. The van der Waals surface area contributed by atoms with Crippen molar-refractivity contribution in [3.8, 4) is 0 Å². The van der Waals surface area contributed by atoms with E-state index >= 15 is 0 Å². The number of carbonyl (C=O) groups excluding carboxylic acids is 2. The summed E-state index contributed by atoms with van der Waals surface area (Å²) in [6.07, 6.45) is 71.3. The summed E-state index contributed by atoms with van der Waals surface area (Å²) in [5.74, 6) is -0.0111. The van der Waals surface area contributed by atoms with Gasteiger partial charge in [-0.25, -0.2) is 0 Å². The zero-order valence-corrected chi connectivity index (χ0v) is 47.8. The van der Waals surface area contributed by atoms with Gasteiger partial charge in [0.25, 0.3) is 0 Å². The molecule has 0 heterocycles. The molecule has 1 amide bonds. The molecule has 3 N–H and O–H groups in total. The summed E-state index contributed by atoms with van der Waals surface area (Å²) >= 11 is 0. The number of unbranched alkanes of at least 4 members (excludes halogenated alkanes) is 50. The molecule has 0 aromatic carbocycles. The van der Waals surface area contributed by atoms with Gasteiger partial charge in [-0.05, 0) is 25.7 Å². The summed E-state index contributed by atoms with van der Waals surface area (Å²) in [7, 11) is 0. The van der Waals surface area contributed by atoms with Crippen LogP contribution in [0.2, 0.25) is 0 Å². The van der Waals surface area contributed by atoms with Crippen molar-refractivity contribution < 1.29 is 24.5 Å². The highest BCUT2D eigenvalue weighted by Gasteiger charge is 2.20. The second-order valence-corrected chi connectivity index (χ2v) is 22.5. The van der Waals surface area contributed by atoms with Gasteiger partial charge in [0.1, 0.15) is 0 Å². The van der Waals surface area contributed by atoms with Crippen LogP contribution in [0.15, 0.2) is 0 Å². The van der Waals surface area contributed by atoms with E-state index in [9.17, 15) is 19.8 Å². The Morgan fingerprint density at radius 3 is 0.871 bits per heavy atom. The van der Waals surface area contributed by atoms with E-state index in [1.807, 2.05) is 0 Å². The second kappa shape index (κ2) is 60.4. The third-order valence-corrected chi connectivity index (χ3v) is 15.4. The molecular formula is C64H127NO5. The van der Waals surface area contributed by atoms with Crippen LogP contribution < -0.4 is 5.32 Å². The molecular weight excluding hydrogens is 863 g/mol. The molecule has 0 saturated carbocycles.